The molecule has 0 fully saturated rings. The second-order valence-electron chi connectivity index (χ2n) is 5.74. The topological polar surface area (TPSA) is 105 Å². The fraction of sp³-hybridized carbons (Fsp3) is 0.235. The number of carbonyl (C=O) groups excluding carboxylic acids is 2. The molecule has 1 heterocycles. The minimum Gasteiger partial charge on any atom is -0.365 e. The molecule has 1 aliphatic rings. The van der Waals surface area contributed by atoms with E-state index in [1.807, 2.05) is 12.1 Å². The second-order valence-corrected chi connectivity index (χ2v) is 6.98. The number of fused-ring (bicyclic) bond motifs is 1. The number of amides is 2. The van der Waals surface area contributed by atoms with Gasteiger partial charge in [0.1, 0.15) is 5.56 Å². The summed E-state index contributed by atoms with van der Waals surface area (Å²) in [4.78, 5) is 38.5. The Morgan fingerprint density at radius 3 is 2.79 bits per heavy atom. The number of nitrogens with one attached hydrogen (secondary N) is 2. The van der Waals surface area contributed by atoms with Gasteiger partial charge in [-0.3, -0.25) is 14.4 Å². The number of nitrogens with two attached hydrogens (primary N) is 1. The third kappa shape index (κ3) is 3.35. The van der Waals surface area contributed by atoms with Gasteiger partial charge in [-0.25, -0.2) is 0 Å². The molecule has 1 aromatic carbocycles. The highest BCUT2D eigenvalue weighted by atomic mass is 127. The maximum atomic E-state index is 12.5. The van der Waals surface area contributed by atoms with Crippen molar-refractivity contribution >= 4 is 34.4 Å². The van der Waals surface area contributed by atoms with Crippen molar-refractivity contribution in [1.29, 1.82) is 0 Å². The first-order chi connectivity index (χ1) is 11.5. The molecule has 3 rings (SSSR count). The first kappa shape index (κ1) is 16.7. The van der Waals surface area contributed by atoms with Crippen LogP contribution >= 0.6 is 22.6 Å². The van der Waals surface area contributed by atoms with E-state index in [1.54, 1.807) is 12.1 Å². The third-order valence-electron chi connectivity index (χ3n) is 4.11. The normalized spacial score (nSPS) is 16.3. The van der Waals surface area contributed by atoms with Gasteiger partial charge in [-0.15, -0.1) is 0 Å². The highest BCUT2D eigenvalue weighted by molar-refractivity contribution is 14.1. The number of carbonyl (C=O) groups is 2. The molecule has 1 unspecified atom stereocenters. The van der Waals surface area contributed by atoms with E-state index >= 15 is 0 Å². The minimum atomic E-state index is -0.771. The van der Waals surface area contributed by atoms with Gasteiger partial charge in [0.25, 0.3) is 17.4 Å². The molecule has 2 amide bonds. The third-order valence-corrected chi connectivity index (χ3v) is 4.78. The molecule has 0 aliphatic heterocycles. The van der Waals surface area contributed by atoms with Crippen molar-refractivity contribution in [3.63, 3.8) is 0 Å². The van der Waals surface area contributed by atoms with Crippen LogP contribution in [0.5, 0.6) is 0 Å². The maximum absolute atomic E-state index is 12.5. The summed E-state index contributed by atoms with van der Waals surface area (Å²) in [5, 5.41) is 2.99. The number of halogens is 1. The molecule has 24 heavy (non-hydrogen) atoms. The first-order valence-electron chi connectivity index (χ1n) is 7.58. The highest BCUT2D eigenvalue weighted by Crippen LogP contribution is 2.28. The van der Waals surface area contributed by atoms with Gasteiger partial charge in [0.15, 0.2) is 0 Å². The number of H-pyrrole nitrogens is 1. The summed E-state index contributed by atoms with van der Waals surface area (Å²) < 4.78 is 0.977. The predicted octanol–water partition coefficient (Wildman–Crippen LogP) is 1.89. The fourth-order valence-electron chi connectivity index (χ4n) is 2.95. The van der Waals surface area contributed by atoms with Crippen molar-refractivity contribution in [2.75, 3.05) is 0 Å². The van der Waals surface area contributed by atoms with Gasteiger partial charge in [0, 0.05) is 14.8 Å². The number of benzene rings is 1. The monoisotopic (exact) mass is 437 g/mol. The average Bonchev–Trinajstić information content (AvgIpc) is 2.54. The van der Waals surface area contributed by atoms with Crippen LogP contribution in [0.1, 0.15) is 50.9 Å². The number of rotatable bonds is 3. The first-order valence-corrected chi connectivity index (χ1v) is 8.66. The molecular formula is C17H16IN3O3. The number of aromatic nitrogens is 1. The van der Waals surface area contributed by atoms with Crippen LogP contribution in [-0.4, -0.2) is 16.8 Å². The molecule has 0 radical (unpaired) electrons. The number of pyridine rings is 1. The van der Waals surface area contributed by atoms with E-state index < -0.39 is 11.5 Å². The van der Waals surface area contributed by atoms with Crippen LogP contribution in [-0.2, 0) is 6.42 Å². The number of aryl methyl sites for hydroxylation is 1. The molecule has 1 aromatic heterocycles. The molecule has 4 N–H and O–H groups in total. The van der Waals surface area contributed by atoms with Crippen molar-refractivity contribution in [3.05, 3.63) is 66.6 Å². The molecule has 1 atom stereocenters. The molecule has 0 spiro atoms. The number of primary amides is 1. The quantitative estimate of drug-likeness (QED) is 0.639. The fourth-order valence-corrected chi connectivity index (χ4v) is 3.49. The molecule has 7 heteroatoms. The van der Waals surface area contributed by atoms with Crippen LogP contribution in [0.4, 0.5) is 0 Å². The van der Waals surface area contributed by atoms with Crippen LogP contribution in [0.15, 0.2) is 35.1 Å². The molecule has 2 aromatic rings. The van der Waals surface area contributed by atoms with Crippen molar-refractivity contribution in [2.24, 2.45) is 5.73 Å². The molecule has 1 aliphatic carbocycles. The zero-order valence-corrected chi connectivity index (χ0v) is 14.9. The summed E-state index contributed by atoms with van der Waals surface area (Å²) in [7, 11) is 0. The Bertz CT molecular complexity index is 876. The Labute approximate surface area is 152 Å². The Balaban J connectivity index is 1.92. The van der Waals surface area contributed by atoms with Crippen LogP contribution in [0.3, 0.4) is 0 Å². The lowest BCUT2D eigenvalue weighted by atomic mass is 9.90. The summed E-state index contributed by atoms with van der Waals surface area (Å²) in [6.07, 6.45) is 2.29. The average molecular weight is 437 g/mol. The largest absolute Gasteiger partial charge is 0.365 e. The second kappa shape index (κ2) is 6.76. The van der Waals surface area contributed by atoms with E-state index in [0.717, 1.165) is 27.7 Å². The van der Waals surface area contributed by atoms with Gasteiger partial charge in [0.05, 0.1) is 6.04 Å². The van der Waals surface area contributed by atoms with Gasteiger partial charge >= 0.3 is 0 Å². The Morgan fingerprint density at radius 1 is 1.29 bits per heavy atom. The van der Waals surface area contributed by atoms with Crippen molar-refractivity contribution in [1.82, 2.24) is 10.3 Å². The van der Waals surface area contributed by atoms with E-state index in [1.165, 1.54) is 6.07 Å². The van der Waals surface area contributed by atoms with Gasteiger partial charge in [-0.1, -0.05) is 6.07 Å². The molecule has 0 bridgehead atoms. The summed E-state index contributed by atoms with van der Waals surface area (Å²) >= 11 is 2.15. The van der Waals surface area contributed by atoms with E-state index in [4.69, 9.17) is 5.73 Å². The van der Waals surface area contributed by atoms with Crippen LogP contribution < -0.4 is 16.6 Å². The summed E-state index contributed by atoms with van der Waals surface area (Å²) in [6, 6.07) is 8.55. The molecular weight excluding hydrogens is 421 g/mol. The van der Waals surface area contributed by atoms with E-state index in [9.17, 15) is 14.4 Å². The lowest BCUT2D eigenvalue weighted by Crippen LogP contribution is -2.34. The molecule has 0 saturated heterocycles. The molecule has 0 saturated carbocycles. The maximum Gasteiger partial charge on any atom is 0.261 e. The Kier molecular flexibility index (Phi) is 4.70. The predicted molar refractivity (Wildman–Crippen MR) is 97.9 cm³/mol. The van der Waals surface area contributed by atoms with Crippen LogP contribution in [0.25, 0.3) is 0 Å². The standard InChI is InChI=1S/C17H16IN3O3/c18-10-4-1-3-9(7-10)16(23)20-13-5-2-6-14-11(13)8-12(15(19)22)17(24)21-14/h1,3-4,7-8,13H,2,5-6H2,(H2,19,22)(H,20,23)(H,21,24). The van der Waals surface area contributed by atoms with E-state index in [0.29, 0.717) is 12.0 Å². The van der Waals surface area contributed by atoms with Gasteiger partial charge < -0.3 is 16.0 Å². The lowest BCUT2D eigenvalue weighted by molar-refractivity contribution is 0.0932. The zero-order chi connectivity index (χ0) is 17.3. The van der Waals surface area contributed by atoms with Crippen molar-refractivity contribution in [2.45, 2.75) is 25.3 Å². The summed E-state index contributed by atoms with van der Waals surface area (Å²) in [5.74, 6) is -0.953. The lowest BCUT2D eigenvalue weighted by Gasteiger charge is -2.26. The Morgan fingerprint density at radius 2 is 2.08 bits per heavy atom. The van der Waals surface area contributed by atoms with Crippen molar-refractivity contribution in [3.8, 4) is 0 Å². The minimum absolute atomic E-state index is 0.0795. The number of hydrogen-bond donors (Lipinski definition) is 3. The van der Waals surface area contributed by atoms with Gasteiger partial charge in [-0.05, 0) is 71.7 Å². The van der Waals surface area contributed by atoms with Crippen LogP contribution in [0.2, 0.25) is 0 Å². The van der Waals surface area contributed by atoms with Gasteiger partial charge in [-0.2, -0.15) is 0 Å². The Hall–Kier alpha value is -2.16. The number of aromatic amines is 1. The summed E-state index contributed by atoms with van der Waals surface area (Å²) in [6.45, 7) is 0. The van der Waals surface area contributed by atoms with Crippen molar-refractivity contribution < 1.29 is 9.59 Å². The summed E-state index contributed by atoms with van der Waals surface area (Å²) in [5.41, 5.74) is 6.78. The molecule has 124 valence electrons. The van der Waals surface area contributed by atoms with Gasteiger partial charge in [0.2, 0.25) is 0 Å². The van der Waals surface area contributed by atoms with E-state index in [-0.39, 0.29) is 17.5 Å². The molecule has 6 nitrogen and oxygen atoms in total. The highest BCUT2D eigenvalue weighted by Gasteiger charge is 2.25. The van der Waals surface area contributed by atoms with Crippen LogP contribution in [0, 0.1) is 3.57 Å². The smallest absolute Gasteiger partial charge is 0.261 e. The SMILES string of the molecule is NC(=O)c1cc2c([nH]c1=O)CCCC2NC(=O)c1cccc(I)c1. The number of hydrogen-bond acceptors (Lipinski definition) is 3. The van der Waals surface area contributed by atoms with E-state index in [2.05, 4.69) is 32.9 Å². The zero-order valence-electron chi connectivity index (χ0n) is 12.8.